The van der Waals surface area contributed by atoms with Gasteiger partial charge in [-0.3, -0.25) is 4.90 Å². The summed E-state index contributed by atoms with van der Waals surface area (Å²) in [6.45, 7) is 0.969. The van der Waals surface area contributed by atoms with Crippen molar-refractivity contribution in [1.82, 2.24) is 15.5 Å². The normalized spacial score (nSPS) is 31.7. The Morgan fingerprint density at radius 3 is 2.52 bits per heavy atom. The first-order valence-corrected chi connectivity index (χ1v) is 8.65. The van der Waals surface area contributed by atoms with Crippen LogP contribution in [-0.2, 0) is 0 Å². The number of benzene rings is 1. The van der Waals surface area contributed by atoms with Gasteiger partial charge in [0.05, 0.1) is 24.2 Å². The fourth-order valence-corrected chi connectivity index (χ4v) is 3.89. The number of carbonyl (C=O) groups excluding carboxylic acids is 1. The number of aliphatic hydroxyl groups excluding tert-OH is 1. The molecule has 1 saturated carbocycles. The van der Waals surface area contributed by atoms with Crippen molar-refractivity contribution in [3.05, 3.63) is 35.9 Å². The fraction of sp³-hybridized carbons (Fsp3) is 0.611. The summed E-state index contributed by atoms with van der Waals surface area (Å²) in [4.78, 5) is 14.6. The van der Waals surface area contributed by atoms with Crippen LogP contribution in [0.2, 0.25) is 0 Å². The predicted molar refractivity (Wildman–Crippen MR) is 90.1 cm³/mol. The molecule has 3 N–H and O–H groups in total. The zero-order valence-corrected chi connectivity index (χ0v) is 13.7. The SMILES string of the molecule is CN1CC[C@H](NC(=O)N[C@@H]2CCCC[C@@H]2O)[C@@H]1c1ccccc1. The number of amides is 2. The third kappa shape index (κ3) is 3.85. The standard InChI is InChI=1S/C18H27N3O2/c1-21-12-11-15(17(21)13-7-3-2-4-8-13)20-18(23)19-14-9-5-6-10-16(14)22/h2-4,7-8,14-17,22H,5-6,9-12H2,1H3,(H2,19,20,23)/t14-,15+,16+,17+/m1/s1. The van der Waals surface area contributed by atoms with Crippen LogP contribution >= 0.6 is 0 Å². The second kappa shape index (κ2) is 7.32. The Hall–Kier alpha value is -1.59. The topological polar surface area (TPSA) is 64.6 Å². The Bertz CT molecular complexity index is 522. The van der Waals surface area contributed by atoms with Gasteiger partial charge in [-0.2, -0.15) is 0 Å². The molecule has 23 heavy (non-hydrogen) atoms. The molecule has 2 amide bonds. The van der Waals surface area contributed by atoms with E-state index in [-0.39, 0.29) is 24.2 Å². The first-order chi connectivity index (χ1) is 11.1. The van der Waals surface area contributed by atoms with Crippen LogP contribution in [0.5, 0.6) is 0 Å². The maximum atomic E-state index is 12.3. The molecule has 3 rings (SSSR count). The minimum atomic E-state index is -0.411. The van der Waals surface area contributed by atoms with Gasteiger partial charge in [-0.05, 0) is 31.9 Å². The molecule has 5 heteroatoms. The molecule has 0 unspecified atom stereocenters. The van der Waals surface area contributed by atoms with Crippen molar-refractivity contribution in [2.24, 2.45) is 0 Å². The van der Waals surface area contributed by atoms with Gasteiger partial charge in [0, 0.05) is 6.54 Å². The van der Waals surface area contributed by atoms with Crippen LogP contribution in [0, 0.1) is 0 Å². The van der Waals surface area contributed by atoms with Crippen molar-refractivity contribution >= 4 is 6.03 Å². The molecular weight excluding hydrogens is 290 g/mol. The zero-order chi connectivity index (χ0) is 16.2. The summed E-state index contributed by atoms with van der Waals surface area (Å²) in [5, 5.41) is 16.1. The first kappa shape index (κ1) is 16.3. The third-order valence-corrected chi connectivity index (χ3v) is 5.15. The Labute approximate surface area is 138 Å². The number of carbonyl (C=O) groups is 1. The third-order valence-electron chi connectivity index (χ3n) is 5.15. The molecule has 1 aromatic carbocycles. The smallest absolute Gasteiger partial charge is 0.315 e. The van der Waals surface area contributed by atoms with Crippen LogP contribution in [0.25, 0.3) is 0 Å². The summed E-state index contributed by atoms with van der Waals surface area (Å²) in [5.41, 5.74) is 1.23. The number of hydrogen-bond acceptors (Lipinski definition) is 3. The molecular formula is C18H27N3O2. The Morgan fingerprint density at radius 1 is 1.09 bits per heavy atom. The molecule has 0 bridgehead atoms. The number of hydrogen-bond donors (Lipinski definition) is 3. The lowest BCUT2D eigenvalue weighted by molar-refractivity contribution is 0.0938. The van der Waals surface area contributed by atoms with E-state index in [0.29, 0.717) is 0 Å². The average molecular weight is 317 g/mol. The average Bonchev–Trinajstić information content (AvgIpc) is 2.91. The molecule has 0 aromatic heterocycles. The van der Waals surface area contributed by atoms with Gasteiger partial charge in [-0.15, -0.1) is 0 Å². The van der Waals surface area contributed by atoms with Crippen molar-refractivity contribution < 1.29 is 9.90 Å². The van der Waals surface area contributed by atoms with Crippen LogP contribution in [0.3, 0.4) is 0 Å². The van der Waals surface area contributed by atoms with Crippen molar-refractivity contribution in [2.75, 3.05) is 13.6 Å². The maximum Gasteiger partial charge on any atom is 0.315 e. The summed E-state index contributed by atoms with van der Waals surface area (Å²) in [6, 6.07) is 10.4. The van der Waals surface area contributed by atoms with Crippen molar-refractivity contribution in [3.63, 3.8) is 0 Å². The molecule has 1 saturated heterocycles. The molecule has 1 aliphatic heterocycles. The van der Waals surface area contributed by atoms with Gasteiger partial charge < -0.3 is 15.7 Å². The highest BCUT2D eigenvalue weighted by Gasteiger charge is 2.34. The van der Waals surface area contributed by atoms with E-state index in [1.807, 2.05) is 18.2 Å². The number of nitrogens with zero attached hydrogens (tertiary/aromatic N) is 1. The molecule has 1 aliphatic carbocycles. The van der Waals surface area contributed by atoms with E-state index in [1.165, 1.54) is 5.56 Å². The number of aliphatic hydroxyl groups is 1. The van der Waals surface area contributed by atoms with Gasteiger partial charge in [0.1, 0.15) is 0 Å². The van der Waals surface area contributed by atoms with Crippen LogP contribution in [0.4, 0.5) is 4.79 Å². The van der Waals surface area contributed by atoms with E-state index in [1.54, 1.807) is 0 Å². The second-order valence-electron chi connectivity index (χ2n) is 6.81. The summed E-state index contributed by atoms with van der Waals surface area (Å²) >= 11 is 0. The highest BCUT2D eigenvalue weighted by molar-refractivity contribution is 5.74. The highest BCUT2D eigenvalue weighted by Crippen LogP contribution is 2.30. The Morgan fingerprint density at radius 2 is 1.78 bits per heavy atom. The van der Waals surface area contributed by atoms with Crippen LogP contribution < -0.4 is 10.6 Å². The molecule has 126 valence electrons. The van der Waals surface area contributed by atoms with Gasteiger partial charge in [0.2, 0.25) is 0 Å². The number of nitrogens with one attached hydrogen (secondary N) is 2. The second-order valence-corrected chi connectivity index (χ2v) is 6.81. The van der Waals surface area contributed by atoms with Gasteiger partial charge in [-0.25, -0.2) is 4.79 Å². The van der Waals surface area contributed by atoms with E-state index < -0.39 is 6.10 Å². The predicted octanol–water partition coefficient (Wildman–Crippen LogP) is 2.03. The lowest BCUT2D eigenvalue weighted by atomic mass is 9.93. The molecule has 4 atom stereocenters. The summed E-state index contributed by atoms with van der Waals surface area (Å²) in [6.07, 6.45) is 4.29. The lowest BCUT2D eigenvalue weighted by Gasteiger charge is -2.30. The van der Waals surface area contributed by atoms with Gasteiger partial charge in [-0.1, -0.05) is 43.2 Å². The van der Waals surface area contributed by atoms with E-state index >= 15 is 0 Å². The van der Waals surface area contributed by atoms with Gasteiger partial charge in [0.25, 0.3) is 0 Å². The van der Waals surface area contributed by atoms with E-state index in [4.69, 9.17) is 0 Å². The largest absolute Gasteiger partial charge is 0.391 e. The summed E-state index contributed by atoms with van der Waals surface area (Å²) < 4.78 is 0. The molecule has 2 aliphatic rings. The van der Waals surface area contributed by atoms with E-state index in [2.05, 4.69) is 34.7 Å². The van der Waals surface area contributed by atoms with Gasteiger partial charge >= 0.3 is 6.03 Å². The fourth-order valence-electron chi connectivity index (χ4n) is 3.89. The molecule has 2 fully saturated rings. The Balaban J connectivity index is 1.61. The van der Waals surface area contributed by atoms with Crippen molar-refractivity contribution in [1.29, 1.82) is 0 Å². The lowest BCUT2D eigenvalue weighted by Crippen LogP contribution is -2.52. The van der Waals surface area contributed by atoms with E-state index in [0.717, 1.165) is 38.6 Å². The van der Waals surface area contributed by atoms with E-state index in [9.17, 15) is 9.90 Å². The molecule has 1 aromatic rings. The quantitative estimate of drug-likeness (QED) is 0.799. The molecule has 0 radical (unpaired) electrons. The van der Waals surface area contributed by atoms with Crippen LogP contribution in [0.15, 0.2) is 30.3 Å². The number of likely N-dealkylation sites (tertiary alicyclic amines) is 1. The van der Waals surface area contributed by atoms with Crippen molar-refractivity contribution in [3.8, 4) is 0 Å². The molecule has 0 spiro atoms. The number of urea groups is 1. The van der Waals surface area contributed by atoms with Crippen LogP contribution in [0.1, 0.15) is 43.7 Å². The maximum absolute atomic E-state index is 12.3. The van der Waals surface area contributed by atoms with Gasteiger partial charge in [0.15, 0.2) is 0 Å². The zero-order valence-electron chi connectivity index (χ0n) is 13.7. The highest BCUT2D eigenvalue weighted by atomic mass is 16.3. The number of likely N-dealkylation sites (N-methyl/N-ethyl adjacent to an activating group) is 1. The first-order valence-electron chi connectivity index (χ1n) is 8.65. The Kier molecular flexibility index (Phi) is 5.18. The minimum Gasteiger partial charge on any atom is -0.391 e. The summed E-state index contributed by atoms with van der Waals surface area (Å²) in [5.74, 6) is 0. The van der Waals surface area contributed by atoms with Crippen molar-refractivity contribution in [2.45, 2.75) is 56.3 Å². The minimum absolute atomic E-state index is 0.100. The summed E-state index contributed by atoms with van der Waals surface area (Å²) in [7, 11) is 2.10. The molecule has 1 heterocycles. The van der Waals surface area contributed by atoms with Crippen LogP contribution in [-0.4, -0.2) is 47.8 Å². The molecule has 5 nitrogen and oxygen atoms in total. The monoisotopic (exact) mass is 317 g/mol. The number of rotatable bonds is 3.